The van der Waals surface area contributed by atoms with Gasteiger partial charge in [-0.3, -0.25) is 14.2 Å². The molecule has 0 spiro atoms. The molecule has 1 heterocycles. The molecule has 3 rings (SSSR count). The summed E-state index contributed by atoms with van der Waals surface area (Å²) in [4.78, 5) is 30.5. The van der Waals surface area contributed by atoms with Gasteiger partial charge >= 0.3 is 0 Å². The van der Waals surface area contributed by atoms with E-state index in [4.69, 9.17) is 0 Å². The van der Waals surface area contributed by atoms with Gasteiger partial charge in [0.15, 0.2) is 0 Å². The summed E-state index contributed by atoms with van der Waals surface area (Å²) >= 11 is 0. The minimum absolute atomic E-state index is 0.156. The van der Waals surface area contributed by atoms with Gasteiger partial charge in [0.1, 0.15) is 12.4 Å². The van der Waals surface area contributed by atoms with Gasteiger partial charge in [-0.05, 0) is 31.9 Å². The van der Waals surface area contributed by atoms with Gasteiger partial charge in [-0.25, -0.2) is 4.98 Å². The number of aromatic nitrogens is 2. The number of carbonyl (C=O) groups is 1. The Hall–Kier alpha value is -3.25. The van der Waals surface area contributed by atoms with E-state index in [1.807, 2.05) is 62.4 Å². The van der Waals surface area contributed by atoms with Crippen molar-refractivity contribution in [1.82, 2.24) is 9.55 Å². The number of rotatable bonds is 6. The molecule has 0 aliphatic carbocycles. The first-order valence-electron chi connectivity index (χ1n) is 9.55. The van der Waals surface area contributed by atoms with E-state index in [0.29, 0.717) is 17.1 Å². The number of amides is 1. The van der Waals surface area contributed by atoms with Gasteiger partial charge in [0.2, 0.25) is 5.91 Å². The zero-order chi connectivity index (χ0) is 21.0. The quantitative estimate of drug-likeness (QED) is 0.677. The number of hydrogen-bond acceptors (Lipinski definition) is 4. The standard InChI is InChI=1S/C23H25N3O3/c1-15-8-7-9-16(2)21(15)25-20(28)14-26-22(18-10-5-4-6-11-18)24-17(3)19(12-13-27)23(26)29/h4-11,27H,12-14H2,1-3H3,(H,25,28). The Morgan fingerprint density at radius 2 is 1.69 bits per heavy atom. The predicted molar refractivity (Wildman–Crippen MR) is 114 cm³/mol. The van der Waals surface area contributed by atoms with E-state index >= 15 is 0 Å². The van der Waals surface area contributed by atoms with E-state index in [9.17, 15) is 14.7 Å². The molecule has 0 unspecified atom stereocenters. The average Bonchev–Trinajstić information content (AvgIpc) is 2.71. The molecule has 0 fully saturated rings. The van der Waals surface area contributed by atoms with Gasteiger partial charge in [-0.1, -0.05) is 48.5 Å². The lowest BCUT2D eigenvalue weighted by Gasteiger charge is -2.17. The number of nitrogens with one attached hydrogen (secondary N) is 1. The van der Waals surface area contributed by atoms with Crippen LogP contribution in [0.2, 0.25) is 0 Å². The van der Waals surface area contributed by atoms with Gasteiger partial charge in [0.05, 0.1) is 0 Å². The van der Waals surface area contributed by atoms with E-state index in [-0.39, 0.29) is 31.0 Å². The van der Waals surface area contributed by atoms with Crippen LogP contribution < -0.4 is 10.9 Å². The number of benzene rings is 2. The molecule has 0 aliphatic rings. The largest absolute Gasteiger partial charge is 0.396 e. The van der Waals surface area contributed by atoms with E-state index in [0.717, 1.165) is 22.4 Å². The lowest BCUT2D eigenvalue weighted by atomic mass is 10.1. The zero-order valence-corrected chi connectivity index (χ0v) is 16.9. The summed E-state index contributed by atoms with van der Waals surface area (Å²) < 4.78 is 1.39. The molecule has 0 aliphatic heterocycles. The summed E-state index contributed by atoms with van der Waals surface area (Å²) in [6, 6.07) is 15.1. The highest BCUT2D eigenvalue weighted by Gasteiger charge is 2.18. The highest BCUT2D eigenvalue weighted by atomic mass is 16.3. The zero-order valence-electron chi connectivity index (χ0n) is 16.9. The maximum absolute atomic E-state index is 13.1. The van der Waals surface area contributed by atoms with Crippen LogP contribution in [-0.4, -0.2) is 27.2 Å². The highest BCUT2D eigenvalue weighted by Crippen LogP contribution is 2.20. The maximum Gasteiger partial charge on any atom is 0.257 e. The Balaban J connectivity index is 2.03. The minimum atomic E-state index is -0.304. The van der Waals surface area contributed by atoms with Crippen LogP contribution in [0.25, 0.3) is 11.4 Å². The number of aliphatic hydroxyl groups excluding tert-OH is 1. The van der Waals surface area contributed by atoms with Crippen molar-refractivity contribution < 1.29 is 9.90 Å². The monoisotopic (exact) mass is 391 g/mol. The number of nitrogens with zero attached hydrogens (tertiary/aromatic N) is 2. The van der Waals surface area contributed by atoms with Crippen LogP contribution in [0.5, 0.6) is 0 Å². The predicted octanol–water partition coefficient (Wildman–Crippen LogP) is 3.01. The van der Waals surface area contributed by atoms with Crippen LogP contribution in [0.1, 0.15) is 22.4 Å². The Bertz CT molecular complexity index is 1070. The molecule has 3 aromatic rings. The second kappa shape index (κ2) is 8.84. The highest BCUT2D eigenvalue weighted by molar-refractivity contribution is 5.92. The van der Waals surface area contributed by atoms with Gasteiger partial charge in [0, 0.05) is 35.5 Å². The molecule has 0 saturated heterocycles. The van der Waals surface area contributed by atoms with Crippen LogP contribution in [0.4, 0.5) is 5.69 Å². The topological polar surface area (TPSA) is 84.2 Å². The summed E-state index contributed by atoms with van der Waals surface area (Å²) in [6.07, 6.45) is 0.200. The summed E-state index contributed by atoms with van der Waals surface area (Å²) in [5, 5.41) is 12.3. The van der Waals surface area contributed by atoms with Crippen molar-refractivity contribution >= 4 is 11.6 Å². The van der Waals surface area contributed by atoms with Gasteiger partial charge in [-0.2, -0.15) is 0 Å². The number of carbonyl (C=O) groups excluding carboxylic acids is 1. The van der Waals surface area contributed by atoms with Crippen molar-refractivity contribution in [2.45, 2.75) is 33.7 Å². The van der Waals surface area contributed by atoms with Gasteiger partial charge in [-0.15, -0.1) is 0 Å². The van der Waals surface area contributed by atoms with Crippen molar-refractivity contribution in [3.05, 3.63) is 81.3 Å². The molecule has 6 heteroatoms. The molecule has 6 nitrogen and oxygen atoms in total. The third kappa shape index (κ3) is 4.43. The number of hydrogen-bond donors (Lipinski definition) is 2. The second-order valence-electron chi connectivity index (χ2n) is 7.05. The van der Waals surface area contributed by atoms with Crippen LogP contribution in [0.15, 0.2) is 53.3 Å². The molecular weight excluding hydrogens is 366 g/mol. The molecular formula is C23H25N3O3. The van der Waals surface area contributed by atoms with Crippen LogP contribution >= 0.6 is 0 Å². The van der Waals surface area contributed by atoms with Crippen LogP contribution in [-0.2, 0) is 17.8 Å². The van der Waals surface area contributed by atoms with Crippen LogP contribution in [0.3, 0.4) is 0 Å². The number of aryl methyl sites for hydroxylation is 3. The first kappa shape index (κ1) is 20.5. The molecule has 2 aromatic carbocycles. The van der Waals surface area contributed by atoms with E-state index in [1.54, 1.807) is 6.92 Å². The molecule has 2 N–H and O–H groups in total. The molecule has 29 heavy (non-hydrogen) atoms. The molecule has 0 atom stereocenters. The smallest absolute Gasteiger partial charge is 0.257 e. The summed E-state index contributed by atoms with van der Waals surface area (Å²) in [6.45, 7) is 5.29. The first-order chi connectivity index (χ1) is 13.9. The molecule has 1 amide bonds. The second-order valence-corrected chi connectivity index (χ2v) is 7.05. The fraction of sp³-hybridized carbons (Fsp3) is 0.261. The third-order valence-corrected chi connectivity index (χ3v) is 4.91. The summed E-state index contributed by atoms with van der Waals surface area (Å²) in [5.41, 5.74) is 4.10. The van der Waals surface area contributed by atoms with Crippen molar-refractivity contribution in [3.8, 4) is 11.4 Å². The fourth-order valence-electron chi connectivity index (χ4n) is 3.39. The van der Waals surface area contributed by atoms with Crippen molar-refractivity contribution in [3.63, 3.8) is 0 Å². The molecule has 1 aromatic heterocycles. The maximum atomic E-state index is 13.1. The lowest BCUT2D eigenvalue weighted by Crippen LogP contribution is -2.33. The Kier molecular flexibility index (Phi) is 6.24. The van der Waals surface area contributed by atoms with Crippen molar-refractivity contribution in [2.75, 3.05) is 11.9 Å². The molecule has 150 valence electrons. The number of aliphatic hydroxyl groups is 1. The molecule has 0 bridgehead atoms. The van der Waals surface area contributed by atoms with Crippen LogP contribution in [0, 0.1) is 20.8 Å². The number of anilines is 1. The van der Waals surface area contributed by atoms with E-state index in [2.05, 4.69) is 10.3 Å². The Morgan fingerprint density at radius 1 is 1.03 bits per heavy atom. The number of para-hydroxylation sites is 1. The SMILES string of the molecule is Cc1cccc(C)c1NC(=O)Cn1c(-c2ccccc2)nc(C)c(CCO)c1=O. The Labute approximate surface area is 169 Å². The summed E-state index contributed by atoms with van der Waals surface area (Å²) in [5.74, 6) is 0.133. The summed E-state index contributed by atoms with van der Waals surface area (Å²) in [7, 11) is 0. The fourth-order valence-corrected chi connectivity index (χ4v) is 3.39. The lowest BCUT2D eigenvalue weighted by molar-refractivity contribution is -0.116. The third-order valence-electron chi connectivity index (χ3n) is 4.91. The van der Waals surface area contributed by atoms with Gasteiger partial charge < -0.3 is 10.4 Å². The van der Waals surface area contributed by atoms with Gasteiger partial charge in [0.25, 0.3) is 5.56 Å². The van der Waals surface area contributed by atoms with E-state index < -0.39 is 0 Å². The van der Waals surface area contributed by atoms with Crippen molar-refractivity contribution in [1.29, 1.82) is 0 Å². The minimum Gasteiger partial charge on any atom is -0.396 e. The molecule has 0 radical (unpaired) electrons. The van der Waals surface area contributed by atoms with Crippen molar-refractivity contribution in [2.24, 2.45) is 0 Å². The van der Waals surface area contributed by atoms with E-state index in [1.165, 1.54) is 4.57 Å². The normalized spacial score (nSPS) is 10.8. The first-order valence-corrected chi connectivity index (χ1v) is 9.55. The average molecular weight is 391 g/mol. The Morgan fingerprint density at radius 3 is 2.31 bits per heavy atom. The molecule has 0 saturated carbocycles.